The van der Waals surface area contributed by atoms with E-state index in [2.05, 4.69) is 9.97 Å². The second-order valence-corrected chi connectivity index (χ2v) is 8.24. The van der Waals surface area contributed by atoms with E-state index in [0.717, 1.165) is 29.7 Å². The molecular weight excluding hydrogens is 421 g/mol. The summed E-state index contributed by atoms with van der Waals surface area (Å²) in [5, 5.41) is 0. The minimum absolute atomic E-state index is 0.101. The first-order valence-electron chi connectivity index (χ1n) is 11.1. The number of halogens is 1. The van der Waals surface area contributed by atoms with E-state index in [9.17, 15) is 9.18 Å². The molecule has 0 radical (unpaired) electrons. The van der Waals surface area contributed by atoms with Gasteiger partial charge in [0.25, 0.3) is 0 Å². The van der Waals surface area contributed by atoms with Crippen LogP contribution in [0.5, 0.6) is 0 Å². The largest absolute Gasteiger partial charge is 0.368 e. The molecule has 0 unspecified atom stereocenters. The third-order valence-corrected chi connectivity index (χ3v) is 5.63. The predicted molar refractivity (Wildman–Crippen MR) is 124 cm³/mol. The lowest BCUT2D eigenvalue weighted by Crippen LogP contribution is -2.42. The molecule has 1 saturated heterocycles. The maximum absolute atomic E-state index is 13.5. The lowest BCUT2D eigenvalue weighted by atomic mass is 10.0. The summed E-state index contributed by atoms with van der Waals surface area (Å²) in [4.78, 5) is 30.1. The van der Waals surface area contributed by atoms with E-state index in [1.165, 1.54) is 12.1 Å². The van der Waals surface area contributed by atoms with E-state index in [4.69, 9.17) is 9.72 Å². The fourth-order valence-electron chi connectivity index (χ4n) is 3.86. The van der Waals surface area contributed by atoms with Crippen LogP contribution in [0.15, 0.2) is 54.9 Å². The van der Waals surface area contributed by atoms with Crippen LogP contribution in [0.2, 0.25) is 0 Å². The summed E-state index contributed by atoms with van der Waals surface area (Å²) >= 11 is 0. The van der Waals surface area contributed by atoms with Crippen molar-refractivity contribution in [3.05, 3.63) is 72.1 Å². The average Bonchev–Trinajstić information content (AvgIpc) is 2.85. The van der Waals surface area contributed by atoms with E-state index in [1.807, 2.05) is 42.1 Å². The van der Waals surface area contributed by atoms with Gasteiger partial charge in [-0.05, 0) is 42.7 Å². The number of benzene rings is 1. The zero-order chi connectivity index (χ0) is 23.2. The van der Waals surface area contributed by atoms with Gasteiger partial charge in [0.15, 0.2) is 0 Å². The molecule has 2 aromatic heterocycles. The molecule has 0 N–H and O–H groups in total. The standard InChI is InChI=1S/C25H28FN5O2/c1-30(2)25-28-16-21(18-9-11-19(26)12-10-18)24(29-25)22-17-31(14-15-33-22)23(32)8-5-7-20-6-3-4-13-27-20/h3-4,6,9-13,16,22H,5,7-8,14-15,17H2,1-2H3/t22-/m1/s1. The number of ether oxygens (including phenoxy) is 1. The fourth-order valence-corrected chi connectivity index (χ4v) is 3.86. The topological polar surface area (TPSA) is 71.5 Å². The summed E-state index contributed by atoms with van der Waals surface area (Å²) in [6, 6.07) is 12.1. The van der Waals surface area contributed by atoms with Crippen LogP contribution in [0.1, 0.15) is 30.3 Å². The molecule has 8 heteroatoms. The number of carbonyl (C=O) groups excluding carboxylic acids is 1. The van der Waals surface area contributed by atoms with Crippen LogP contribution in [0.4, 0.5) is 10.3 Å². The molecule has 3 heterocycles. The van der Waals surface area contributed by atoms with E-state index >= 15 is 0 Å². The van der Waals surface area contributed by atoms with Crippen molar-refractivity contribution in [2.75, 3.05) is 38.7 Å². The highest BCUT2D eigenvalue weighted by molar-refractivity contribution is 5.76. The van der Waals surface area contributed by atoms with Gasteiger partial charge in [0.1, 0.15) is 11.9 Å². The molecule has 7 nitrogen and oxygen atoms in total. The first-order chi connectivity index (χ1) is 16.0. The minimum Gasteiger partial charge on any atom is -0.368 e. The van der Waals surface area contributed by atoms with E-state index in [0.29, 0.717) is 37.8 Å². The summed E-state index contributed by atoms with van der Waals surface area (Å²) in [7, 11) is 3.74. The van der Waals surface area contributed by atoms with Gasteiger partial charge in [-0.25, -0.2) is 14.4 Å². The summed E-state index contributed by atoms with van der Waals surface area (Å²) in [6.07, 6.45) is 5.10. The van der Waals surface area contributed by atoms with E-state index in [-0.39, 0.29) is 17.8 Å². The third-order valence-electron chi connectivity index (χ3n) is 5.63. The van der Waals surface area contributed by atoms with Gasteiger partial charge < -0.3 is 14.5 Å². The maximum Gasteiger partial charge on any atom is 0.225 e. The molecule has 172 valence electrons. The van der Waals surface area contributed by atoms with E-state index in [1.54, 1.807) is 24.5 Å². The number of aryl methyl sites for hydroxylation is 1. The summed E-state index contributed by atoms with van der Waals surface area (Å²) in [6.45, 7) is 1.40. The fraction of sp³-hybridized carbons (Fsp3) is 0.360. The number of aromatic nitrogens is 3. The maximum atomic E-state index is 13.5. The van der Waals surface area contributed by atoms with Crippen molar-refractivity contribution >= 4 is 11.9 Å². The Bertz CT molecular complexity index is 1080. The Labute approximate surface area is 193 Å². The molecule has 0 saturated carbocycles. The number of hydrogen-bond acceptors (Lipinski definition) is 6. The molecular formula is C25H28FN5O2. The molecule has 1 aliphatic heterocycles. The van der Waals surface area contributed by atoms with Crippen LogP contribution in [0, 0.1) is 5.82 Å². The molecule has 33 heavy (non-hydrogen) atoms. The highest BCUT2D eigenvalue weighted by Gasteiger charge is 2.29. The zero-order valence-electron chi connectivity index (χ0n) is 18.9. The van der Waals surface area contributed by atoms with Crippen molar-refractivity contribution in [3.63, 3.8) is 0 Å². The van der Waals surface area contributed by atoms with Gasteiger partial charge in [-0.1, -0.05) is 18.2 Å². The SMILES string of the molecule is CN(C)c1ncc(-c2ccc(F)cc2)c([C@H]2CN(C(=O)CCCc3ccccn3)CCO2)n1. The molecule has 0 spiro atoms. The Balaban J connectivity index is 1.50. The number of amides is 1. The van der Waals surface area contributed by atoms with Gasteiger partial charge in [-0.2, -0.15) is 0 Å². The van der Waals surface area contributed by atoms with Crippen LogP contribution in [0.25, 0.3) is 11.1 Å². The Morgan fingerprint density at radius 1 is 1.18 bits per heavy atom. The monoisotopic (exact) mass is 449 g/mol. The van der Waals surface area contributed by atoms with Crippen LogP contribution in [-0.2, 0) is 16.0 Å². The molecule has 0 bridgehead atoms. The van der Waals surface area contributed by atoms with Crippen molar-refractivity contribution in [3.8, 4) is 11.1 Å². The van der Waals surface area contributed by atoms with Crippen molar-refractivity contribution in [1.82, 2.24) is 19.9 Å². The molecule has 1 amide bonds. The number of pyridine rings is 1. The molecule has 1 fully saturated rings. The number of nitrogens with zero attached hydrogens (tertiary/aromatic N) is 5. The molecule has 0 aliphatic carbocycles. The Kier molecular flexibility index (Phi) is 7.24. The van der Waals surface area contributed by atoms with Gasteiger partial charge >= 0.3 is 0 Å². The van der Waals surface area contributed by atoms with Gasteiger partial charge in [-0.15, -0.1) is 0 Å². The molecule has 3 aromatic rings. The minimum atomic E-state index is -0.389. The van der Waals surface area contributed by atoms with Gasteiger partial charge in [-0.3, -0.25) is 9.78 Å². The van der Waals surface area contributed by atoms with Gasteiger partial charge in [0.05, 0.1) is 18.8 Å². The van der Waals surface area contributed by atoms with Crippen LogP contribution in [-0.4, -0.2) is 59.6 Å². The second kappa shape index (κ2) is 10.5. The second-order valence-electron chi connectivity index (χ2n) is 8.24. The van der Waals surface area contributed by atoms with Crippen LogP contribution < -0.4 is 4.90 Å². The Morgan fingerprint density at radius 2 is 2.00 bits per heavy atom. The highest BCUT2D eigenvalue weighted by atomic mass is 19.1. The molecule has 4 rings (SSSR count). The number of carbonyl (C=O) groups is 1. The first kappa shape index (κ1) is 22.8. The lowest BCUT2D eigenvalue weighted by Gasteiger charge is -2.33. The summed E-state index contributed by atoms with van der Waals surface area (Å²) < 4.78 is 19.5. The normalized spacial score (nSPS) is 16.0. The van der Waals surface area contributed by atoms with E-state index < -0.39 is 0 Å². The molecule has 1 aromatic carbocycles. The smallest absolute Gasteiger partial charge is 0.225 e. The Morgan fingerprint density at radius 3 is 2.73 bits per heavy atom. The number of rotatable bonds is 7. The lowest BCUT2D eigenvalue weighted by molar-refractivity contribution is -0.139. The van der Waals surface area contributed by atoms with Crippen molar-refractivity contribution in [1.29, 1.82) is 0 Å². The van der Waals surface area contributed by atoms with Crippen LogP contribution >= 0.6 is 0 Å². The van der Waals surface area contributed by atoms with Crippen molar-refractivity contribution in [2.45, 2.75) is 25.4 Å². The third kappa shape index (κ3) is 5.70. The zero-order valence-corrected chi connectivity index (χ0v) is 18.9. The number of hydrogen-bond donors (Lipinski definition) is 0. The molecule has 1 atom stereocenters. The number of morpholine rings is 1. The summed E-state index contributed by atoms with van der Waals surface area (Å²) in [5.41, 5.74) is 3.27. The van der Waals surface area contributed by atoms with Crippen molar-refractivity contribution < 1.29 is 13.9 Å². The first-order valence-corrected chi connectivity index (χ1v) is 11.1. The summed E-state index contributed by atoms with van der Waals surface area (Å²) in [5.74, 6) is 0.352. The average molecular weight is 450 g/mol. The highest BCUT2D eigenvalue weighted by Crippen LogP contribution is 2.32. The molecule has 1 aliphatic rings. The van der Waals surface area contributed by atoms with Gasteiger partial charge in [0, 0.05) is 50.7 Å². The number of anilines is 1. The van der Waals surface area contributed by atoms with Crippen LogP contribution in [0.3, 0.4) is 0 Å². The predicted octanol–water partition coefficient (Wildman–Crippen LogP) is 3.67. The van der Waals surface area contributed by atoms with Gasteiger partial charge in [0.2, 0.25) is 11.9 Å². The quantitative estimate of drug-likeness (QED) is 0.548. The Hall–Kier alpha value is -3.39. The van der Waals surface area contributed by atoms with Crippen molar-refractivity contribution in [2.24, 2.45) is 0 Å².